The summed E-state index contributed by atoms with van der Waals surface area (Å²) in [7, 11) is 0. The third kappa shape index (κ3) is 3.22. The SMILES string of the molecule is O=c1c(Cl)c(N2CCCC(c3ncc[nH]3)C2)cnn1-c1ccc(Cl)cc1. The van der Waals surface area contributed by atoms with E-state index in [9.17, 15) is 4.79 Å². The molecule has 0 saturated carbocycles. The molecule has 0 bridgehead atoms. The van der Waals surface area contributed by atoms with Crippen molar-refractivity contribution in [2.75, 3.05) is 18.0 Å². The predicted octanol–water partition coefficient (Wildman–Crippen LogP) is 3.65. The number of anilines is 1. The quantitative estimate of drug-likeness (QED) is 0.742. The van der Waals surface area contributed by atoms with E-state index in [1.807, 2.05) is 6.20 Å². The molecule has 0 amide bonds. The highest BCUT2D eigenvalue weighted by Crippen LogP contribution is 2.30. The van der Waals surface area contributed by atoms with Crippen LogP contribution in [0.15, 0.2) is 47.7 Å². The molecule has 0 spiro atoms. The average molecular weight is 390 g/mol. The maximum atomic E-state index is 12.7. The van der Waals surface area contributed by atoms with Crippen LogP contribution in [-0.4, -0.2) is 32.8 Å². The molecular weight excluding hydrogens is 373 g/mol. The van der Waals surface area contributed by atoms with Gasteiger partial charge in [0.25, 0.3) is 5.56 Å². The lowest BCUT2D eigenvalue weighted by atomic mass is 9.97. The van der Waals surface area contributed by atoms with Gasteiger partial charge < -0.3 is 9.88 Å². The first-order valence-electron chi connectivity index (χ1n) is 8.41. The van der Waals surface area contributed by atoms with Crippen molar-refractivity contribution in [3.05, 3.63) is 69.1 Å². The van der Waals surface area contributed by atoms with E-state index < -0.39 is 0 Å². The minimum absolute atomic E-state index is 0.176. The van der Waals surface area contributed by atoms with Gasteiger partial charge in [-0.3, -0.25) is 4.79 Å². The van der Waals surface area contributed by atoms with Gasteiger partial charge in [-0.05, 0) is 37.1 Å². The summed E-state index contributed by atoms with van der Waals surface area (Å²) in [5.41, 5.74) is 0.949. The molecule has 1 aliphatic heterocycles. The molecule has 1 unspecified atom stereocenters. The average Bonchev–Trinajstić information content (AvgIpc) is 3.20. The van der Waals surface area contributed by atoms with Gasteiger partial charge in [0.05, 0.1) is 17.6 Å². The van der Waals surface area contributed by atoms with E-state index in [1.54, 1.807) is 36.7 Å². The summed E-state index contributed by atoms with van der Waals surface area (Å²) in [5.74, 6) is 1.25. The van der Waals surface area contributed by atoms with E-state index in [1.165, 1.54) is 4.68 Å². The van der Waals surface area contributed by atoms with Crippen molar-refractivity contribution in [1.29, 1.82) is 0 Å². The van der Waals surface area contributed by atoms with Crippen molar-refractivity contribution in [2.45, 2.75) is 18.8 Å². The lowest BCUT2D eigenvalue weighted by molar-refractivity contribution is 0.493. The summed E-state index contributed by atoms with van der Waals surface area (Å²) in [6.45, 7) is 1.59. The maximum absolute atomic E-state index is 12.7. The van der Waals surface area contributed by atoms with E-state index in [0.29, 0.717) is 16.4 Å². The van der Waals surface area contributed by atoms with Crippen LogP contribution in [0.2, 0.25) is 10.0 Å². The van der Waals surface area contributed by atoms with Crippen LogP contribution in [0.3, 0.4) is 0 Å². The first kappa shape index (κ1) is 17.1. The number of piperidine rings is 1. The Hall–Kier alpha value is -2.31. The van der Waals surface area contributed by atoms with Crippen LogP contribution < -0.4 is 10.5 Å². The number of hydrogen-bond donors (Lipinski definition) is 1. The number of hydrogen-bond acceptors (Lipinski definition) is 4. The zero-order valence-corrected chi connectivity index (χ0v) is 15.4. The largest absolute Gasteiger partial charge is 0.368 e. The number of benzene rings is 1. The molecule has 6 nitrogen and oxygen atoms in total. The second-order valence-electron chi connectivity index (χ2n) is 6.30. The van der Waals surface area contributed by atoms with E-state index >= 15 is 0 Å². The van der Waals surface area contributed by atoms with E-state index in [-0.39, 0.29) is 16.5 Å². The number of aromatic amines is 1. The summed E-state index contributed by atoms with van der Waals surface area (Å²) < 4.78 is 1.29. The van der Waals surface area contributed by atoms with Gasteiger partial charge in [0.1, 0.15) is 10.8 Å². The first-order chi connectivity index (χ1) is 12.6. The van der Waals surface area contributed by atoms with Gasteiger partial charge in [0.15, 0.2) is 0 Å². The van der Waals surface area contributed by atoms with E-state index in [2.05, 4.69) is 20.0 Å². The molecule has 3 aromatic rings. The van der Waals surface area contributed by atoms with E-state index in [4.69, 9.17) is 23.2 Å². The van der Waals surface area contributed by atoms with Crippen LogP contribution in [0, 0.1) is 0 Å². The number of nitrogens with one attached hydrogen (secondary N) is 1. The minimum Gasteiger partial charge on any atom is -0.368 e. The molecule has 1 saturated heterocycles. The number of halogens is 2. The topological polar surface area (TPSA) is 66.8 Å². The number of nitrogens with zero attached hydrogens (tertiary/aromatic N) is 4. The fraction of sp³-hybridized carbons (Fsp3) is 0.278. The Morgan fingerprint density at radius 3 is 2.73 bits per heavy atom. The van der Waals surface area contributed by atoms with Crippen molar-refractivity contribution in [1.82, 2.24) is 19.7 Å². The van der Waals surface area contributed by atoms with Crippen molar-refractivity contribution >= 4 is 28.9 Å². The smallest absolute Gasteiger partial charge is 0.292 e. The Bertz CT molecular complexity index is 953. The Balaban J connectivity index is 1.64. The molecule has 0 aliphatic carbocycles. The summed E-state index contributed by atoms with van der Waals surface area (Å²) in [5, 5.41) is 5.09. The zero-order chi connectivity index (χ0) is 18.1. The van der Waals surface area contributed by atoms with Crippen LogP contribution in [0.4, 0.5) is 5.69 Å². The number of imidazole rings is 1. The highest BCUT2D eigenvalue weighted by molar-refractivity contribution is 6.33. The van der Waals surface area contributed by atoms with Gasteiger partial charge in [0, 0.05) is 36.4 Å². The van der Waals surface area contributed by atoms with Crippen LogP contribution in [-0.2, 0) is 0 Å². The predicted molar refractivity (Wildman–Crippen MR) is 103 cm³/mol. The zero-order valence-electron chi connectivity index (χ0n) is 13.9. The summed E-state index contributed by atoms with van der Waals surface area (Å²) in [6, 6.07) is 6.90. The van der Waals surface area contributed by atoms with Gasteiger partial charge in [0.2, 0.25) is 0 Å². The minimum atomic E-state index is -0.341. The third-order valence-corrected chi connectivity index (χ3v) is 5.25. The van der Waals surface area contributed by atoms with Gasteiger partial charge in [-0.25, -0.2) is 4.98 Å². The van der Waals surface area contributed by atoms with Crippen molar-refractivity contribution in [3.8, 4) is 5.69 Å². The Morgan fingerprint density at radius 1 is 1.19 bits per heavy atom. The van der Waals surface area contributed by atoms with Crippen LogP contribution in [0.25, 0.3) is 5.69 Å². The second-order valence-corrected chi connectivity index (χ2v) is 7.11. The molecule has 1 fully saturated rings. The fourth-order valence-corrected chi connectivity index (χ4v) is 3.70. The van der Waals surface area contributed by atoms with Gasteiger partial charge in [-0.15, -0.1) is 0 Å². The lowest BCUT2D eigenvalue weighted by Crippen LogP contribution is -2.36. The Labute approximate surface area is 160 Å². The first-order valence-corrected chi connectivity index (χ1v) is 9.17. The highest BCUT2D eigenvalue weighted by Gasteiger charge is 2.25. The molecule has 134 valence electrons. The monoisotopic (exact) mass is 389 g/mol. The molecule has 1 aliphatic rings. The molecule has 0 radical (unpaired) electrons. The Kier molecular flexibility index (Phi) is 4.70. The van der Waals surface area contributed by atoms with Gasteiger partial charge >= 0.3 is 0 Å². The van der Waals surface area contributed by atoms with Crippen molar-refractivity contribution < 1.29 is 0 Å². The van der Waals surface area contributed by atoms with Crippen molar-refractivity contribution in [2.24, 2.45) is 0 Å². The van der Waals surface area contributed by atoms with Crippen molar-refractivity contribution in [3.63, 3.8) is 0 Å². The van der Waals surface area contributed by atoms with Gasteiger partial charge in [-0.2, -0.15) is 9.78 Å². The molecule has 4 rings (SSSR count). The number of aromatic nitrogens is 4. The molecule has 3 heterocycles. The number of H-pyrrole nitrogens is 1. The molecule has 8 heteroatoms. The van der Waals surface area contributed by atoms with Crippen LogP contribution in [0.5, 0.6) is 0 Å². The summed E-state index contributed by atoms with van der Waals surface area (Å²) >= 11 is 12.3. The van der Waals surface area contributed by atoms with Gasteiger partial charge in [-0.1, -0.05) is 23.2 Å². The lowest BCUT2D eigenvalue weighted by Gasteiger charge is -2.33. The molecule has 2 aromatic heterocycles. The highest BCUT2D eigenvalue weighted by atomic mass is 35.5. The molecule has 1 aromatic carbocycles. The third-order valence-electron chi connectivity index (χ3n) is 4.64. The molecular formula is C18H17Cl2N5O. The van der Waals surface area contributed by atoms with Crippen LogP contribution in [0.1, 0.15) is 24.6 Å². The molecule has 1 atom stereocenters. The standard InChI is InChI=1S/C18H17Cl2N5O/c19-13-3-5-14(6-4-13)25-18(26)16(20)15(10-23-25)24-9-1-2-12(11-24)17-21-7-8-22-17/h3-8,10,12H,1-2,9,11H2,(H,21,22). The summed E-state index contributed by atoms with van der Waals surface area (Å²) in [6.07, 6.45) is 7.30. The molecule has 1 N–H and O–H groups in total. The number of rotatable bonds is 3. The Morgan fingerprint density at radius 2 is 2.00 bits per heavy atom. The second kappa shape index (κ2) is 7.13. The summed E-state index contributed by atoms with van der Waals surface area (Å²) in [4.78, 5) is 22.4. The van der Waals surface area contributed by atoms with E-state index in [0.717, 1.165) is 31.8 Å². The molecule has 26 heavy (non-hydrogen) atoms. The normalized spacial score (nSPS) is 17.5. The fourth-order valence-electron chi connectivity index (χ4n) is 3.33. The maximum Gasteiger partial charge on any atom is 0.292 e. The van der Waals surface area contributed by atoms with Crippen LogP contribution >= 0.6 is 23.2 Å².